The number of carbonyl (C=O) groups is 1. The minimum Gasteiger partial charge on any atom is -0.383 e. The Hall–Kier alpha value is -0.610. The van der Waals surface area contributed by atoms with Crippen molar-refractivity contribution in [3.8, 4) is 0 Å². The molecule has 16 heavy (non-hydrogen) atoms. The van der Waals surface area contributed by atoms with E-state index < -0.39 is 0 Å². The average Bonchev–Trinajstić information content (AvgIpc) is 2.22. The van der Waals surface area contributed by atoms with E-state index in [9.17, 15) is 4.79 Å². The summed E-state index contributed by atoms with van der Waals surface area (Å²) >= 11 is 0. The van der Waals surface area contributed by atoms with Gasteiger partial charge in [0, 0.05) is 25.1 Å². The average molecular weight is 228 g/mol. The number of ether oxygens (including phenoxy) is 1. The van der Waals surface area contributed by atoms with E-state index in [1.165, 1.54) is 0 Å². The van der Waals surface area contributed by atoms with E-state index >= 15 is 0 Å². The third-order valence-corrected chi connectivity index (χ3v) is 3.43. The van der Waals surface area contributed by atoms with E-state index in [0.717, 1.165) is 19.3 Å². The van der Waals surface area contributed by atoms with E-state index in [2.05, 4.69) is 12.2 Å². The van der Waals surface area contributed by atoms with Crippen molar-refractivity contribution < 1.29 is 9.53 Å². The van der Waals surface area contributed by atoms with E-state index in [1.54, 1.807) is 7.11 Å². The first-order valence-electron chi connectivity index (χ1n) is 6.09. The molecule has 1 aliphatic rings. The van der Waals surface area contributed by atoms with Crippen LogP contribution in [0.3, 0.4) is 0 Å². The molecule has 1 amide bonds. The quantitative estimate of drug-likeness (QED) is 0.751. The first-order chi connectivity index (χ1) is 7.54. The topological polar surface area (TPSA) is 64.3 Å². The Kier molecular flexibility index (Phi) is 5.22. The zero-order valence-electron chi connectivity index (χ0n) is 10.5. The normalized spacial score (nSPS) is 32.1. The van der Waals surface area contributed by atoms with Crippen molar-refractivity contribution in [3.05, 3.63) is 0 Å². The Bertz CT molecular complexity index is 233. The van der Waals surface area contributed by atoms with Crippen LogP contribution in [-0.2, 0) is 9.53 Å². The lowest BCUT2D eigenvalue weighted by molar-refractivity contribution is -0.127. The molecule has 0 aromatic rings. The molecule has 0 spiro atoms. The summed E-state index contributed by atoms with van der Waals surface area (Å²) < 4.78 is 4.99. The van der Waals surface area contributed by atoms with Crippen molar-refractivity contribution in [1.82, 2.24) is 5.32 Å². The molecular formula is C12H24N2O2. The highest BCUT2D eigenvalue weighted by Gasteiger charge is 2.29. The number of carbonyl (C=O) groups excluding carboxylic acids is 1. The first-order valence-corrected chi connectivity index (χ1v) is 6.09. The van der Waals surface area contributed by atoms with Crippen molar-refractivity contribution in [3.63, 3.8) is 0 Å². The summed E-state index contributed by atoms with van der Waals surface area (Å²) in [6, 6.07) is 0.246. The number of amides is 1. The zero-order chi connectivity index (χ0) is 12.1. The van der Waals surface area contributed by atoms with Gasteiger partial charge in [-0.3, -0.25) is 4.79 Å². The van der Waals surface area contributed by atoms with Crippen LogP contribution >= 0.6 is 0 Å². The summed E-state index contributed by atoms with van der Waals surface area (Å²) in [5, 5.41) is 2.97. The second kappa shape index (κ2) is 6.21. The fourth-order valence-electron chi connectivity index (χ4n) is 2.25. The predicted molar refractivity (Wildman–Crippen MR) is 64.0 cm³/mol. The smallest absolute Gasteiger partial charge is 0.223 e. The molecule has 4 unspecified atom stereocenters. The third-order valence-electron chi connectivity index (χ3n) is 3.43. The molecule has 1 rings (SSSR count). The van der Waals surface area contributed by atoms with Gasteiger partial charge in [0.15, 0.2) is 0 Å². The summed E-state index contributed by atoms with van der Waals surface area (Å²) in [4.78, 5) is 11.9. The van der Waals surface area contributed by atoms with Gasteiger partial charge < -0.3 is 15.8 Å². The second-order valence-electron chi connectivity index (χ2n) is 5.02. The molecule has 0 aromatic carbocycles. The molecule has 3 N–H and O–H groups in total. The monoisotopic (exact) mass is 228 g/mol. The summed E-state index contributed by atoms with van der Waals surface area (Å²) in [6.45, 7) is 4.67. The molecule has 4 heteroatoms. The minimum atomic E-state index is 0.0769. The highest BCUT2D eigenvalue weighted by molar-refractivity contribution is 5.79. The molecule has 0 heterocycles. The van der Waals surface area contributed by atoms with Crippen molar-refractivity contribution in [2.24, 2.45) is 17.6 Å². The van der Waals surface area contributed by atoms with Crippen molar-refractivity contribution in [2.45, 2.75) is 45.2 Å². The van der Waals surface area contributed by atoms with Crippen LogP contribution in [0.15, 0.2) is 0 Å². The van der Waals surface area contributed by atoms with Crippen molar-refractivity contribution in [1.29, 1.82) is 0 Å². The standard InChI is InChI=1S/C12H24N2O2/c1-8-4-5-10(6-11(8)13)12(15)14-9(2)7-16-3/h8-11H,4-7,13H2,1-3H3,(H,14,15). The first kappa shape index (κ1) is 13.5. The Morgan fingerprint density at radius 2 is 2.25 bits per heavy atom. The maximum Gasteiger partial charge on any atom is 0.223 e. The van der Waals surface area contributed by atoms with Crippen LogP contribution in [-0.4, -0.2) is 31.7 Å². The molecule has 4 atom stereocenters. The summed E-state index contributed by atoms with van der Waals surface area (Å²) in [6.07, 6.45) is 2.82. The molecule has 94 valence electrons. The lowest BCUT2D eigenvalue weighted by Gasteiger charge is -2.31. The number of hydrogen-bond donors (Lipinski definition) is 2. The molecule has 0 radical (unpaired) electrons. The van der Waals surface area contributed by atoms with Gasteiger partial charge in [-0.25, -0.2) is 0 Å². The van der Waals surface area contributed by atoms with Crippen LogP contribution < -0.4 is 11.1 Å². The second-order valence-corrected chi connectivity index (χ2v) is 5.02. The number of nitrogens with two attached hydrogens (primary N) is 1. The summed E-state index contributed by atoms with van der Waals surface area (Å²) in [5.74, 6) is 0.762. The molecule has 0 saturated heterocycles. The lowest BCUT2D eigenvalue weighted by Crippen LogP contribution is -2.44. The largest absolute Gasteiger partial charge is 0.383 e. The molecule has 0 aromatic heterocycles. The Morgan fingerprint density at radius 1 is 1.56 bits per heavy atom. The summed E-state index contributed by atoms with van der Waals surface area (Å²) in [5.41, 5.74) is 5.99. The molecule has 1 saturated carbocycles. The number of hydrogen-bond acceptors (Lipinski definition) is 3. The fraction of sp³-hybridized carbons (Fsp3) is 0.917. The van der Waals surface area contributed by atoms with Crippen LogP contribution in [0.2, 0.25) is 0 Å². The Labute approximate surface area is 97.9 Å². The SMILES string of the molecule is COCC(C)NC(=O)C1CCC(C)C(N)C1. The number of nitrogens with one attached hydrogen (secondary N) is 1. The molecule has 1 aliphatic carbocycles. The molecule has 0 bridgehead atoms. The maximum atomic E-state index is 11.9. The van der Waals surface area contributed by atoms with Gasteiger partial charge in [-0.1, -0.05) is 6.92 Å². The van der Waals surface area contributed by atoms with Crippen molar-refractivity contribution >= 4 is 5.91 Å². The van der Waals surface area contributed by atoms with Gasteiger partial charge in [0.05, 0.1) is 6.61 Å². The van der Waals surface area contributed by atoms with Gasteiger partial charge in [-0.05, 0) is 32.1 Å². The third kappa shape index (κ3) is 3.76. The zero-order valence-corrected chi connectivity index (χ0v) is 10.5. The molecule has 4 nitrogen and oxygen atoms in total. The van der Waals surface area contributed by atoms with E-state index in [4.69, 9.17) is 10.5 Å². The predicted octanol–water partition coefficient (Wildman–Crippen LogP) is 0.901. The highest BCUT2D eigenvalue weighted by atomic mass is 16.5. The lowest BCUT2D eigenvalue weighted by atomic mass is 9.79. The molecule has 1 fully saturated rings. The number of rotatable bonds is 4. The summed E-state index contributed by atoms with van der Waals surface area (Å²) in [7, 11) is 1.64. The van der Waals surface area contributed by atoms with Crippen LogP contribution in [0.5, 0.6) is 0 Å². The molecule has 0 aliphatic heterocycles. The van der Waals surface area contributed by atoms with Gasteiger partial charge >= 0.3 is 0 Å². The van der Waals surface area contributed by atoms with Crippen molar-refractivity contribution in [2.75, 3.05) is 13.7 Å². The number of methoxy groups -OCH3 is 1. The van der Waals surface area contributed by atoms with E-state index in [1.807, 2.05) is 6.92 Å². The Morgan fingerprint density at radius 3 is 2.81 bits per heavy atom. The van der Waals surface area contributed by atoms with Gasteiger partial charge in [0.25, 0.3) is 0 Å². The van der Waals surface area contributed by atoms with Crippen LogP contribution in [0, 0.1) is 11.8 Å². The van der Waals surface area contributed by atoms with Crippen LogP contribution in [0.4, 0.5) is 0 Å². The Balaban J connectivity index is 2.37. The van der Waals surface area contributed by atoms with Gasteiger partial charge in [-0.15, -0.1) is 0 Å². The molecular weight excluding hydrogens is 204 g/mol. The highest BCUT2D eigenvalue weighted by Crippen LogP contribution is 2.27. The van der Waals surface area contributed by atoms with E-state index in [-0.39, 0.29) is 23.9 Å². The van der Waals surface area contributed by atoms with Gasteiger partial charge in [0.2, 0.25) is 5.91 Å². The van der Waals surface area contributed by atoms with E-state index in [0.29, 0.717) is 12.5 Å². The maximum absolute atomic E-state index is 11.9. The fourth-order valence-corrected chi connectivity index (χ4v) is 2.25. The van der Waals surface area contributed by atoms with Crippen LogP contribution in [0.1, 0.15) is 33.1 Å². The van der Waals surface area contributed by atoms with Gasteiger partial charge in [0.1, 0.15) is 0 Å². The minimum absolute atomic E-state index is 0.0769. The van der Waals surface area contributed by atoms with Gasteiger partial charge in [-0.2, -0.15) is 0 Å². The van der Waals surface area contributed by atoms with Crippen LogP contribution in [0.25, 0.3) is 0 Å².